The average Bonchev–Trinajstić information content (AvgIpc) is 2.90. The fraction of sp³-hybridized carbons (Fsp3) is 0.625. The molecule has 106 valence electrons. The van der Waals surface area contributed by atoms with Crippen molar-refractivity contribution in [3.8, 4) is 5.75 Å². The zero-order valence-electron chi connectivity index (χ0n) is 12.2. The molecule has 19 heavy (non-hydrogen) atoms. The van der Waals surface area contributed by atoms with E-state index in [1.165, 1.54) is 17.5 Å². The van der Waals surface area contributed by atoms with Gasteiger partial charge in [0.15, 0.2) is 0 Å². The molecule has 3 heteroatoms. The normalized spacial score (nSPS) is 16.8. The van der Waals surface area contributed by atoms with Gasteiger partial charge in [-0.1, -0.05) is 26.0 Å². The highest BCUT2D eigenvalue weighted by atomic mass is 32.2. The maximum absolute atomic E-state index is 5.57. The summed E-state index contributed by atoms with van der Waals surface area (Å²) in [5.74, 6) is 1.08. The number of hydrogen-bond donors (Lipinski definition) is 1. The fourth-order valence-corrected chi connectivity index (χ4v) is 2.85. The lowest BCUT2D eigenvalue weighted by Crippen LogP contribution is -2.23. The maximum Gasteiger partial charge on any atom is 0.122 e. The molecule has 0 aromatic heterocycles. The molecule has 0 aliphatic carbocycles. The first-order valence-electron chi connectivity index (χ1n) is 7.26. The molecule has 0 fully saturated rings. The molecule has 0 saturated carbocycles. The third kappa shape index (κ3) is 3.90. The summed E-state index contributed by atoms with van der Waals surface area (Å²) in [6, 6.07) is 7.14. The predicted octanol–water partition coefficient (Wildman–Crippen LogP) is 3.80. The van der Waals surface area contributed by atoms with E-state index in [1.807, 2.05) is 11.8 Å². The van der Waals surface area contributed by atoms with Crippen LogP contribution in [0.25, 0.3) is 0 Å². The van der Waals surface area contributed by atoms with E-state index in [0.29, 0.717) is 6.04 Å². The Bertz CT molecular complexity index is 408. The highest BCUT2D eigenvalue weighted by Gasteiger charge is 2.15. The van der Waals surface area contributed by atoms with Gasteiger partial charge in [-0.05, 0) is 42.8 Å². The van der Waals surface area contributed by atoms with Crippen molar-refractivity contribution in [1.82, 2.24) is 5.32 Å². The number of rotatable bonds is 7. The van der Waals surface area contributed by atoms with Crippen LogP contribution in [0.15, 0.2) is 18.2 Å². The predicted molar refractivity (Wildman–Crippen MR) is 84.3 cm³/mol. The van der Waals surface area contributed by atoms with E-state index in [0.717, 1.165) is 37.0 Å². The fourth-order valence-electron chi connectivity index (χ4n) is 2.50. The summed E-state index contributed by atoms with van der Waals surface area (Å²) in [6.45, 7) is 6.47. The molecule has 1 aromatic carbocycles. The Morgan fingerprint density at radius 1 is 1.42 bits per heavy atom. The zero-order chi connectivity index (χ0) is 13.7. The Hall–Kier alpha value is -0.670. The Labute approximate surface area is 121 Å². The SMILES string of the molecule is CCC(NCCC(C)SC)c1ccc2c(c1)CCO2. The van der Waals surface area contributed by atoms with E-state index in [2.05, 4.69) is 43.6 Å². The lowest BCUT2D eigenvalue weighted by Gasteiger charge is -2.19. The van der Waals surface area contributed by atoms with Gasteiger partial charge in [-0.25, -0.2) is 0 Å². The highest BCUT2D eigenvalue weighted by Crippen LogP contribution is 2.29. The van der Waals surface area contributed by atoms with Gasteiger partial charge in [-0.3, -0.25) is 0 Å². The molecule has 2 unspecified atom stereocenters. The van der Waals surface area contributed by atoms with E-state index < -0.39 is 0 Å². The average molecular weight is 279 g/mol. The van der Waals surface area contributed by atoms with Crippen LogP contribution in [-0.4, -0.2) is 24.7 Å². The van der Waals surface area contributed by atoms with Crippen LogP contribution < -0.4 is 10.1 Å². The van der Waals surface area contributed by atoms with Crippen LogP contribution in [0.5, 0.6) is 5.75 Å². The molecule has 2 nitrogen and oxygen atoms in total. The maximum atomic E-state index is 5.57. The van der Waals surface area contributed by atoms with E-state index in [9.17, 15) is 0 Å². The van der Waals surface area contributed by atoms with E-state index >= 15 is 0 Å². The van der Waals surface area contributed by atoms with Crippen LogP contribution in [0.3, 0.4) is 0 Å². The molecule has 0 saturated heterocycles. The number of thioether (sulfide) groups is 1. The van der Waals surface area contributed by atoms with E-state index in [1.54, 1.807) is 0 Å². The summed E-state index contributed by atoms with van der Waals surface area (Å²) in [7, 11) is 0. The monoisotopic (exact) mass is 279 g/mol. The number of benzene rings is 1. The van der Waals surface area contributed by atoms with Gasteiger partial charge >= 0.3 is 0 Å². The van der Waals surface area contributed by atoms with Gasteiger partial charge < -0.3 is 10.1 Å². The van der Waals surface area contributed by atoms with Gasteiger partial charge in [0, 0.05) is 17.7 Å². The van der Waals surface area contributed by atoms with Crippen molar-refractivity contribution in [3.63, 3.8) is 0 Å². The minimum atomic E-state index is 0.472. The first-order valence-corrected chi connectivity index (χ1v) is 8.55. The Balaban J connectivity index is 1.93. The molecule has 0 bridgehead atoms. The minimum absolute atomic E-state index is 0.472. The lowest BCUT2D eigenvalue weighted by atomic mass is 10.0. The first-order chi connectivity index (χ1) is 9.24. The standard InChI is InChI=1S/C16H25NOS/c1-4-15(17-9-7-12(2)19-3)13-5-6-16-14(11-13)8-10-18-16/h5-6,11-12,15,17H,4,7-10H2,1-3H3. The summed E-state index contributed by atoms with van der Waals surface area (Å²) < 4.78 is 5.57. The smallest absolute Gasteiger partial charge is 0.122 e. The Kier molecular flexibility index (Phi) is 5.59. The third-order valence-electron chi connectivity index (χ3n) is 3.87. The summed E-state index contributed by atoms with van der Waals surface area (Å²) in [4.78, 5) is 0. The summed E-state index contributed by atoms with van der Waals surface area (Å²) in [6.07, 6.45) is 5.60. The van der Waals surface area contributed by atoms with Crippen LogP contribution in [0.2, 0.25) is 0 Å². The number of ether oxygens (including phenoxy) is 1. The van der Waals surface area contributed by atoms with Crippen molar-refractivity contribution in [1.29, 1.82) is 0 Å². The molecule has 1 heterocycles. The van der Waals surface area contributed by atoms with Gasteiger partial charge in [0.25, 0.3) is 0 Å². The second kappa shape index (κ2) is 7.20. The van der Waals surface area contributed by atoms with Crippen LogP contribution in [0.1, 0.15) is 43.9 Å². The largest absolute Gasteiger partial charge is 0.493 e. The molecule has 0 radical (unpaired) electrons. The molecule has 1 aliphatic heterocycles. The number of hydrogen-bond acceptors (Lipinski definition) is 3. The van der Waals surface area contributed by atoms with E-state index in [4.69, 9.17) is 4.74 Å². The van der Waals surface area contributed by atoms with Crippen molar-refractivity contribution in [2.75, 3.05) is 19.4 Å². The topological polar surface area (TPSA) is 21.3 Å². The second-order valence-corrected chi connectivity index (χ2v) is 6.49. The van der Waals surface area contributed by atoms with Gasteiger partial charge in [-0.2, -0.15) is 11.8 Å². The molecular weight excluding hydrogens is 254 g/mol. The van der Waals surface area contributed by atoms with Crippen LogP contribution in [-0.2, 0) is 6.42 Å². The molecule has 1 aromatic rings. The van der Waals surface area contributed by atoms with Crippen molar-refractivity contribution in [2.45, 2.75) is 44.4 Å². The molecule has 1 N–H and O–H groups in total. The third-order valence-corrected chi connectivity index (χ3v) is 4.91. The zero-order valence-corrected chi connectivity index (χ0v) is 13.1. The van der Waals surface area contributed by atoms with Gasteiger partial charge in [-0.15, -0.1) is 0 Å². The quantitative estimate of drug-likeness (QED) is 0.820. The van der Waals surface area contributed by atoms with Crippen LogP contribution >= 0.6 is 11.8 Å². The van der Waals surface area contributed by atoms with Crippen molar-refractivity contribution >= 4 is 11.8 Å². The highest BCUT2D eigenvalue weighted by molar-refractivity contribution is 7.99. The second-order valence-electron chi connectivity index (χ2n) is 5.22. The van der Waals surface area contributed by atoms with Gasteiger partial charge in [0.2, 0.25) is 0 Å². The summed E-state index contributed by atoms with van der Waals surface area (Å²) in [5, 5.41) is 4.42. The van der Waals surface area contributed by atoms with Crippen molar-refractivity contribution < 1.29 is 4.74 Å². The van der Waals surface area contributed by atoms with Crippen molar-refractivity contribution in [2.24, 2.45) is 0 Å². The van der Waals surface area contributed by atoms with Crippen molar-refractivity contribution in [3.05, 3.63) is 29.3 Å². The van der Waals surface area contributed by atoms with Crippen LogP contribution in [0.4, 0.5) is 0 Å². The number of nitrogens with one attached hydrogen (secondary N) is 1. The van der Waals surface area contributed by atoms with Crippen LogP contribution in [0, 0.1) is 0 Å². The molecule has 0 spiro atoms. The molecule has 0 amide bonds. The first kappa shape index (κ1) is 14.7. The lowest BCUT2D eigenvalue weighted by molar-refractivity contribution is 0.356. The minimum Gasteiger partial charge on any atom is -0.493 e. The molecule has 2 rings (SSSR count). The Morgan fingerprint density at radius 3 is 3.00 bits per heavy atom. The van der Waals surface area contributed by atoms with E-state index in [-0.39, 0.29) is 0 Å². The number of fused-ring (bicyclic) bond motifs is 1. The summed E-state index contributed by atoms with van der Waals surface area (Å²) in [5.41, 5.74) is 2.78. The Morgan fingerprint density at radius 2 is 2.26 bits per heavy atom. The summed E-state index contributed by atoms with van der Waals surface area (Å²) >= 11 is 1.94. The molecule has 2 atom stereocenters. The van der Waals surface area contributed by atoms with Gasteiger partial charge in [0.05, 0.1) is 6.61 Å². The molecule has 1 aliphatic rings. The molecular formula is C16H25NOS. The van der Waals surface area contributed by atoms with Gasteiger partial charge in [0.1, 0.15) is 5.75 Å².